The average molecular weight is 915 g/mol. The lowest BCUT2D eigenvalue weighted by Crippen LogP contribution is -2.37. The van der Waals surface area contributed by atoms with E-state index in [1.165, 1.54) is 41.4 Å². The number of benzene rings is 2. The van der Waals surface area contributed by atoms with Crippen molar-refractivity contribution in [3.63, 3.8) is 0 Å². The van der Waals surface area contributed by atoms with Gasteiger partial charge in [0.25, 0.3) is 0 Å². The van der Waals surface area contributed by atoms with Gasteiger partial charge in [-0.2, -0.15) is 9.37 Å². The molecule has 3 aromatic heterocycles. The molecule has 0 saturated carbocycles. The number of anilines is 2. The minimum Gasteiger partial charge on any atom is -0.381 e. The largest absolute Gasteiger partial charge is 0.381 e. The number of nitrogens with zero attached hydrogens (tertiary/aromatic N) is 9. The molecule has 0 atom stereocenters. The number of aryl methyl sites for hydroxylation is 2. The van der Waals surface area contributed by atoms with Gasteiger partial charge in [0.15, 0.2) is 16.6 Å². The number of nitrogens with one attached hydrogen (secondary N) is 1. The highest BCUT2D eigenvalue weighted by molar-refractivity contribution is 9.10. The highest BCUT2D eigenvalue weighted by atomic mass is 79.9. The Hall–Kier alpha value is -3.94. The molecule has 2 saturated heterocycles. The molecule has 16 heteroatoms. The highest BCUT2D eigenvalue weighted by Gasteiger charge is 2.45. The molecule has 4 aliphatic heterocycles. The molecule has 2 spiro atoms. The maximum absolute atomic E-state index is 12.5. The Balaban J connectivity index is 0.000000193. The van der Waals surface area contributed by atoms with E-state index in [2.05, 4.69) is 103 Å². The normalized spacial score (nSPS) is 17.3. The van der Waals surface area contributed by atoms with Gasteiger partial charge in [0, 0.05) is 81.9 Å². The van der Waals surface area contributed by atoms with E-state index < -0.39 is 6.08 Å². The van der Waals surface area contributed by atoms with Crippen LogP contribution in [0.15, 0.2) is 56.7 Å². The van der Waals surface area contributed by atoms with E-state index in [1.54, 1.807) is 23.7 Å². The van der Waals surface area contributed by atoms with Gasteiger partial charge in [-0.1, -0.05) is 77.9 Å². The third-order valence-corrected chi connectivity index (χ3v) is 12.0. The number of hydrogen-bond acceptors (Lipinski definition) is 11. The van der Waals surface area contributed by atoms with Gasteiger partial charge in [0.05, 0.1) is 12.0 Å². The SMILES string of the molecule is Brc1ccc2c(c1)CCC21CCOCC1.C.C.C.Cc1nc(N2CC3(CCOCC3)c3ccc(Br)cc32)c2[nH]cnc2n1.Fc1nc(Cl)c2c(n1)CC=N2.N#N. The first-order valence-electron chi connectivity index (χ1n) is 17.4. The lowest BCUT2D eigenvalue weighted by molar-refractivity contribution is 0.0506. The fourth-order valence-corrected chi connectivity index (χ4v) is 9.14. The van der Waals surface area contributed by atoms with Gasteiger partial charge >= 0.3 is 6.08 Å². The smallest absolute Gasteiger partial charge is 0.310 e. The number of aromatic amines is 1. The topological polar surface area (TPSA) is 162 Å². The van der Waals surface area contributed by atoms with E-state index in [-0.39, 0.29) is 32.8 Å². The molecule has 56 heavy (non-hydrogen) atoms. The molecule has 1 aliphatic carbocycles. The van der Waals surface area contributed by atoms with Crippen molar-refractivity contribution in [2.24, 2.45) is 4.99 Å². The number of aromatic nitrogens is 6. The molecular weight excluding hydrogens is 867 g/mol. The molecule has 7 heterocycles. The summed E-state index contributed by atoms with van der Waals surface area (Å²) in [5.74, 6) is 1.64. The molecule has 12 nitrogen and oxygen atoms in total. The molecule has 5 aromatic rings. The van der Waals surface area contributed by atoms with Crippen LogP contribution in [-0.4, -0.2) is 69.1 Å². The first-order valence-corrected chi connectivity index (χ1v) is 19.3. The summed E-state index contributed by atoms with van der Waals surface area (Å²) in [5.41, 5.74) is 8.98. The molecule has 10 rings (SSSR count). The summed E-state index contributed by atoms with van der Waals surface area (Å²) in [5, 5.41) is 12.1. The van der Waals surface area contributed by atoms with Gasteiger partial charge in [0.1, 0.15) is 17.0 Å². The number of hydrogen-bond donors (Lipinski definition) is 1. The monoisotopic (exact) mass is 912 g/mol. The van der Waals surface area contributed by atoms with Crippen LogP contribution in [0.4, 0.5) is 21.6 Å². The Labute approximate surface area is 349 Å². The third-order valence-electron chi connectivity index (χ3n) is 10.7. The van der Waals surface area contributed by atoms with Crippen LogP contribution in [0.3, 0.4) is 0 Å². The summed E-state index contributed by atoms with van der Waals surface area (Å²) in [7, 11) is 0. The van der Waals surface area contributed by atoms with Crippen molar-refractivity contribution in [1.82, 2.24) is 29.9 Å². The molecule has 0 amide bonds. The summed E-state index contributed by atoms with van der Waals surface area (Å²) in [4.78, 5) is 29.8. The van der Waals surface area contributed by atoms with Crippen LogP contribution < -0.4 is 4.90 Å². The van der Waals surface area contributed by atoms with Crippen LogP contribution in [0.1, 0.15) is 82.6 Å². The fourth-order valence-electron chi connectivity index (χ4n) is 8.16. The summed E-state index contributed by atoms with van der Waals surface area (Å²) in [6, 6.07) is 13.4. The number of ether oxygens (including phenoxy) is 2. The van der Waals surface area contributed by atoms with Crippen LogP contribution in [0.2, 0.25) is 5.15 Å². The molecule has 2 fully saturated rings. The standard InChI is InChI=1S/C18H18BrN5O.C13H15BrO.C6H3ClFN3.3CH4.N2/c1-11-22-16-15(20-10-21-16)17(23-11)24-9-18(4-6-25-7-5-18)13-3-2-12(19)8-14(13)24;14-11-1-2-12-10(9-11)3-4-13(12)5-7-15-8-6-13;7-5-4-3(1-2-9-4)10-6(8)11-5;;;;1-2/h2-3,8,10H,4-7,9H2,1H3,(H,20,21,22,23);1-2,9H,3-8H2;2H,1H2;3*1H4;. The Morgan fingerprint density at radius 1 is 0.839 bits per heavy atom. The average Bonchev–Trinajstić information content (AvgIpc) is 3.96. The zero-order chi connectivity index (χ0) is 37.2. The second kappa shape index (κ2) is 19.0. The van der Waals surface area contributed by atoms with E-state index in [4.69, 9.17) is 36.8 Å². The Morgan fingerprint density at radius 3 is 2.18 bits per heavy atom. The van der Waals surface area contributed by atoms with Gasteiger partial charge in [-0.25, -0.2) is 19.9 Å². The number of imidazole rings is 1. The molecule has 2 aromatic carbocycles. The van der Waals surface area contributed by atoms with Gasteiger partial charge in [-0.05, 0) is 86.4 Å². The van der Waals surface area contributed by atoms with Gasteiger partial charge in [-0.15, -0.1) is 0 Å². The predicted molar refractivity (Wildman–Crippen MR) is 226 cm³/mol. The maximum atomic E-state index is 12.5. The van der Waals surface area contributed by atoms with E-state index in [0.29, 0.717) is 28.9 Å². The molecular formula is C40H48Br2ClFN10O2. The van der Waals surface area contributed by atoms with Crippen LogP contribution >= 0.6 is 43.5 Å². The van der Waals surface area contributed by atoms with Crippen molar-refractivity contribution in [2.75, 3.05) is 37.9 Å². The Bertz CT molecular complexity index is 2190. The second-order valence-corrected chi connectivity index (χ2v) is 15.8. The first kappa shape index (κ1) is 44.8. The fraction of sp³-hybridized carbons (Fsp3) is 0.450. The summed E-state index contributed by atoms with van der Waals surface area (Å²) >= 11 is 12.8. The van der Waals surface area contributed by atoms with Crippen molar-refractivity contribution >= 4 is 78.0 Å². The quantitative estimate of drug-likeness (QED) is 0.0973. The number of H-pyrrole nitrogens is 1. The van der Waals surface area contributed by atoms with Gasteiger partial charge in [0.2, 0.25) is 0 Å². The Kier molecular flexibility index (Phi) is 15.2. The van der Waals surface area contributed by atoms with Crippen molar-refractivity contribution in [3.8, 4) is 0 Å². The first-order chi connectivity index (χ1) is 25.7. The zero-order valence-electron chi connectivity index (χ0n) is 29.0. The molecule has 5 aliphatic rings. The lowest BCUT2D eigenvalue weighted by atomic mass is 9.75. The van der Waals surface area contributed by atoms with E-state index >= 15 is 0 Å². The van der Waals surface area contributed by atoms with Crippen molar-refractivity contribution in [3.05, 3.63) is 91.1 Å². The summed E-state index contributed by atoms with van der Waals surface area (Å²) in [6.45, 7) is 6.33. The highest BCUT2D eigenvalue weighted by Crippen LogP contribution is 2.50. The van der Waals surface area contributed by atoms with Crippen LogP contribution in [0.5, 0.6) is 0 Å². The second-order valence-electron chi connectivity index (χ2n) is 13.6. The molecule has 0 radical (unpaired) electrons. The van der Waals surface area contributed by atoms with Crippen molar-refractivity contribution < 1.29 is 13.9 Å². The zero-order valence-corrected chi connectivity index (χ0v) is 32.9. The van der Waals surface area contributed by atoms with Crippen LogP contribution in [0.25, 0.3) is 11.2 Å². The number of rotatable bonds is 1. The van der Waals surface area contributed by atoms with E-state index in [9.17, 15) is 4.39 Å². The van der Waals surface area contributed by atoms with Crippen molar-refractivity contribution in [2.45, 2.75) is 85.0 Å². The van der Waals surface area contributed by atoms with E-state index in [1.807, 2.05) is 6.92 Å². The lowest BCUT2D eigenvalue weighted by Gasteiger charge is -2.34. The van der Waals surface area contributed by atoms with Crippen LogP contribution in [0, 0.1) is 23.8 Å². The van der Waals surface area contributed by atoms with E-state index in [0.717, 1.165) is 67.4 Å². The molecule has 0 unspecified atom stereocenters. The third kappa shape index (κ3) is 8.79. The van der Waals surface area contributed by atoms with Gasteiger partial charge in [-0.3, -0.25) is 4.99 Å². The minimum absolute atomic E-state index is 0. The molecule has 298 valence electrons. The van der Waals surface area contributed by atoms with Gasteiger partial charge < -0.3 is 19.4 Å². The maximum Gasteiger partial charge on any atom is 0.310 e. The predicted octanol–water partition coefficient (Wildman–Crippen LogP) is 10.5. The molecule has 0 bridgehead atoms. The van der Waals surface area contributed by atoms with Crippen molar-refractivity contribution in [1.29, 1.82) is 10.8 Å². The summed E-state index contributed by atoms with van der Waals surface area (Å²) in [6.07, 6.45) is 10.1. The number of halogens is 4. The molecule has 1 N–H and O–H groups in total. The summed E-state index contributed by atoms with van der Waals surface area (Å²) < 4.78 is 25.9. The minimum atomic E-state index is -0.792. The Morgan fingerprint density at radius 2 is 1.48 bits per heavy atom. The van der Waals surface area contributed by atoms with Crippen LogP contribution in [-0.2, 0) is 33.1 Å². The number of fused-ring (bicyclic) bond motifs is 6. The number of aliphatic imine (C=N–C) groups is 1.